The molecule has 108 valence electrons. The van der Waals surface area contributed by atoms with Crippen LogP contribution in [-0.4, -0.2) is 21.0 Å². The Kier molecular flexibility index (Phi) is 3.93. The summed E-state index contributed by atoms with van der Waals surface area (Å²) < 4.78 is 18.7. The van der Waals surface area contributed by atoms with Crippen LogP contribution >= 0.6 is 0 Å². The minimum Gasteiger partial charge on any atom is -0.456 e. The maximum Gasteiger partial charge on any atom is 0.305 e. The van der Waals surface area contributed by atoms with Gasteiger partial charge in [-0.1, -0.05) is 5.16 Å². The van der Waals surface area contributed by atoms with Crippen molar-refractivity contribution in [2.75, 3.05) is 0 Å². The predicted molar refractivity (Wildman–Crippen MR) is 69.9 cm³/mol. The van der Waals surface area contributed by atoms with E-state index >= 15 is 0 Å². The molecule has 0 radical (unpaired) electrons. The number of nitrogens with two attached hydrogens (primary N) is 1. The number of benzene rings is 1. The summed E-state index contributed by atoms with van der Waals surface area (Å²) in [7, 11) is 0. The molecule has 0 amide bonds. The zero-order chi connectivity index (χ0) is 15.4. The second-order valence-electron chi connectivity index (χ2n) is 3.84. The molecule has 0 bridgehead atoms. The summed E-state index contributed by atoms with van der Waals surface area (Å²) >= 11 is 0. The monoisotopic (exact) mass is 292 g/mol. The van der Waals surface area contributed by atoms with Gasteiger partial charge >= 0.3 is 5.69 Å². The number of hydrogen-bond acceptors (Lipinski definition) is 6. The topological polar surface area (TPSA) is 124 Å². The fraction of sp³-hybridized carbons (Fsp3) is 0. The molecule has 0 aliphatic carbocycles. The highest BCUT2D eigenvalue weighted by molar-refractivity contribution is 5.95. The number of amidine groups is 1. The Hall–Kier alpha value is -3.23. The number of nitro groups is 1. The average molecular weight is 292 g/mol. The highest BCUT2D eigenvalue weighted by atomic mass is 19.1. The van der Waals surface area contributed by atoms with Crippen LogP contribution in [0, 0.1) is 15.9 Å². The first-order valence-electron chi connectivity index (χ1n) is 5.57. The van der Waals surface area contributed by atoms with Crippen molar-refractivity contribution in [2.45, 2.75) is 0 Å². The summed E-state index contributed by atoms with van der Waals surface area (Å²) in [6, 6.07) is 6.07. The standard InChI is InChI=1S/C12H9FN4O4/c13-9-5-7(2-4-11(9)17(19)20)21-8-1-3-10(15-6-8)12(14)16-18/h1-6,18H,(H2,14,16). The zero-order valence-corrected chi connectivity index (χ0v) is 10.4. The highest BCUT2D eigenvalue weighted by Gasteiger charge is 2.14. The Morgan fingerprint density at radius 3 is 2.62 bits per heavy atom. The molecule has 8 nitrogen and oxygen atoms in total. The molecule has 0 saturated carbocycles. The quantitative estimate of drug-likeness (QED) is 0.292. The Balaban J connectivity index is 2.19. The lowest BCUT2D eigenvalue weighted by Crippen LogP contribution is -2.14. The van der Waals surface area contributed by atoms with Crippen molar-refractivity contribution >= 4 is 11.5 Å². The van der Waals surface area contributed by atoms with Crippen molar-refractivity contribution in [3.8, 4) is 11.5 Å². The van der Waals surface area contributed by atoms with Gasteiger partial charge in [-0.05, 0) is 18.2 Å². The van der Waals surface area contributed by atoms with E-state index in [-0.39, 0.29) is 23.0 Å². The Bertz CT molecular complexity index is 703. The van der Waals surface area contributed by atoms with Crippen LogP contribution in [0.2, 0.25) is 0 Å². The van der Waals surface area contributed by atoms with Gasteiger partial charge in [-0.15, -0.1) is 0 Å². The lowest BCUT2D eigenvalue weighted by atomic mass is 10.3. The summed E-state index contributed by atoms with van der Waals surface area (Å²) in [4.78, 5) is 13.5. The molecule has 0 fully saturated rings. The first-order chi connectivity index (χ1) is 10.0. The predicted octanol–water partition coefficient (Wildman–Crippen LogP) is 2.02. The van der Waals surface area contributed by atoms with Gasteiger partial charge in [-0.25, -0.2) is 4.98 Å². The first-order valence-corrected chi connectivity index (χ1v) is 5.57. The maximum absolute atomic E-state index is 13.4. The SMILES string of the molecule is N/C(=N/O)c1ccc(Oc2ccc([N+](=O)[O-])c(F)c2)cn1. The van der Waals surface area contributed by atoms with Crippen LogP contribution in [0.4, 0.5) is 10.1 Å². The summed E-state index contributed by atoms with van der Waals surface area (Å²) in [6.45, 7) is 0. The third kappa shape index (κ3) is 3.21. The molecule has 0 unspecified atom stereocenters. The van der Waals surface area contributed by atoms with E-state index in [4.69, 9.17) is 15.7 Å². The summed E-state index contributed by atoms with van der Waals surface area (Å²) in [5, 5.41) is 21.8. The number of aromatic nitrogens is 1. The molecule has 9 heteroatoms. The van der Waals surface area contributed by atoms with E-state index in [9.17, 15) is 14.5 Å². The van der Waals surface area contributed by atoms with Crippen molar-refractivity contribution in [3.63, 3.8) is 0 Å². The van der Waals surface area contributed by atoms with E-state index in [2.05, 4.69) is 10.1 Å². The lowest BCUT2D eigenvalue weighted by molar-refractivity contribution is -0.387. The number of nitrogens with zero attached hydrogens (tertiary/aromatic N) is 3. The maximum atomic E-state index is 13.4. The van der Waals surface area contributed by atoms with Crippen molar-refractivity contribution in [1.29, 1.82) is 0 Å². The Morgan fingerprint density at radius 1 is 1.38 bits per heavy atom. The number of oxime groups is 1. The van der Waals surface area contributed by atoms with E-state index in [0.717, 1.165) is 12.1 Å². The fourth-order valence-electron chi connectivity index (χ4n) is 1.48. The second-order valence-corrected chi connectivity index (χ2v) is 3.84. The van der Waals surface area contributed by atoms with Crippen LogP contribution in [-0.2, 0) is 0 Å². The second kappa shape index (κ2) is 5.82. The van der Waals surface area contributed by atoms with Gasteiger partial charge in [0, 0.05) is 12.1 Å². The van der Waals surface area contributed by atoms with Gasteiger partial charge in [0.15, 0.2) is 5.84 Å². The van der Waals surface area contributed by atoms with E-state index in [0.29, 0.717) is 0 Å². The number of halogens is 1. The van der Waals surface area contributed by atoms with Crippen molar-refractivity contribution in [2.24, 2.45) is 10.9 Å². The van der Waals surface area contributed by atoms with Crippen LogP contribution in [0.1, 0.15) is 5.69 Å². The fourth-order valence-corrected chi connectivity index (χ4v) is 1.48. The third-order valence-electron chi connectivity index (χ3n) is 2.46. The molecular formula is C12H9FN4O4. The van der Waals surface area contributed by atoms with Crippen LogP contribution in [0.15, 0.2) is 41.7 Å². The Labute approximate surface area is 117 Å². The molecule has 0 spiro atoms. The molecular weight excluding hydrogens is 283 g/mol. The molecule has 2 rings (SSSR count). The largest absolute Gasteiger partial charge is 0.456 e. The molecule has 1 aromatic carbocycles. The number of nitro benzene ring substituents is 1. The van der Waals surface area contributed by atoms with Gasteiger partial charge < -0.3 is 15.7 Å². The minimum atomic E-state index is -1.00. The molecule has 21 heavy (non-hydrogen) atoms. The number of hydrogen-bond donors (Lipinski definition) is 2. The van der Waals surface area contributed by atoms with Gasteiger partial charge in [0.1, 0.15) is 17.2 Å². The smallest absolute Gasteiger partial charge is 0.305 e. The molecule has 1 heterocycles. The van der Waals surface area contributed by atoms with Gasteiger partial charge in [0.2, 0.25) is 5.82 Å². The van der Waals surface area contributed by atoms with E-state index in [1.807, 2.05) is 0 Å². The first kappa shape index (κ1) is 14.2. The molecule has 0 aliphatic heterocycles. The van der Waals surface area contributed by atoms with Crippen molar-refractivity contribution in [3.05, 3.63) is 58.2 Å². The van der Waals surface area contributed by atoms with Crippen LogP contribution in [0.25, 0.3) is 0 Å². The summed E-state index contributed by atoms with van der Waals surface area (Å²) in [6.07, 6.45) is 1.28. The van der Waals surface area contributed by atoms with Gasteiger partial charge in [0.05, 0.1) is 11.1 Å². The zero-order valence-electron chi connectivity index (χ0n) is 10.4. The van der Waals surface area contributed by atoms with Crippen LogP contribution < -0.4 is 10.5 Å². The normalized spacial score (nSPS) is 11.2. The minimum absolute atomic E-state index is 0.0800. The average Bonchev–Trinajstić information content (AvgIpc) is 2.47. The van der Waals surface area contributed by atoms with Crippen molar-refractivity contribution in [1.82, 2.24) is 4.98 Å². The van der Waals surface area contributed by atoms with Crippen LogP contribution in [0.3, 0.4) is 0 Å². The molecule has 2 aromatic rings. The number of pyridine rings is 1. The van der Waals surface area contributed by atoms with Crippen molar-refractivity contribution < 1.29 is 19.3 Å². The summed E-state index contributed by atoms with van der Waals surface area (Å²) in [5.74, 6) is -0.823. The van der Waals surface area contributed by atoms with Crippen LogP contribution in [0.5, 0.6) is 11.5 Å². The Morgan fingerprint density at radius 2 is 2.10 bits per heavy atom. The highest BCUT2D eigenvalue weighted by Crippen LogP contribution is 2.26. The van der Waals surface area contributed by atoms with E-state index < -0.39 is 16.4 Å². The molecule has 3 N–H and O–H groups in total. The van der Waals surface area contributed by atoms with E-state index in [1.165, 1.54) is 24.4 Å². The van der Waals surface area contributed by atoms with Gasteiger partial charge in [-0.2, -0.15) is 4.39 Å². The number of ether oxygens (including phenoxy) is 1. The third-order valence-corrected chi connectivity index (χ3v) is 2.46. The van der Waals surface area contributed by atoms with E-state index in [1.54, 1.807) is 0 Å². The lowest BCUT2D eigenvalue weighted by Gasteiger charge is -2.06. The van der Waals surface area contributed by atoms with Gasteiger partial charge in [-0.3, -0.25) is 10.1 Å². The molecule has 0 aliphatic rings. The molecule has 0 saturated heterocycles. The summed E-state index contributed by atoms with van der Waals surface area (Å²) in [5.41, 5.74) is 4.94. The molecule has 1 aromatic heterocycles. The van der Waals surface area contributed by atoms with Gasteiger partial charge in [0.25, 0.3) is 0 Å². The molecule has 0 atom stereocenters. The number of rotatable bonds is 4.